The van der Waals surface area contributed by atoms with Gasteiger partial charge in [0.15, 0.2) is 0 Å². The monoisotopic (exact) mass is 408 g/mol. The predicted octanol–water partition coefficient (Wildman–Crippen LogP) is 4.55. The number of hydrogen-bond acceptors (Lipinski definition) is 3. The van der Waals surface area contributed by atoms with Crippen LogP contribution in [0.15, 0.2) is 53.4 Å². The molecule has 0 saturated carbocycles. The second-order valence-corrected chi connectivity index (χ2v) is 9.24. The van der Waals surface area contributed by atoms with Crippen LogP contribution in [0, 0.1) is 11.8 Å². The number of carbonyl (C=O) groups excluding carboxylic acids is 1. The van der Waals surface area contributed by atoms with Crippen molar-refractivity contribution >= 4 is 33.2 Å². The third kappa shape index (κ3) is 5.71. The minimum atomic E-state index is -3.71. The molecule has 0 atom stereocenters. The molecule has 0 aliphatic carbocycles. The summed E-state index contributed by atoms with van der Waals surface area (Å²) in [5, 5.41) is 3.50. The molecule has 0 fully saturated rings. The minimum absolute atomic E-state index is 0.0700. The number of benzene rings is 2. The Bertz CT molecular complexity index is 868. The Morgan fingerprint density at radius 3 is 1.89 bits per heavy atom. The van der Waals surface area contributed by atoms with E-state index in [1.807, 2.05) is 0 Å². The van der Waals surface area contributed by atoms with Crippen molar-refractivity contribution in [3.05, 3.63) is 59.1 Å². The van der Waals surface area contributed by atoms with Gasteiger partial charge in [-0.1, -0.05) is 39.3 Å². The molecule has 7 heteroatoms. The smallest absolute Gasteiger partial charge is 0.261 e. The molecule has 0 spiro atoms. The van der Waals surface area contributed by atoms with Gasteiger partial charge < -0.3 is 5.32 Å². The van der Waals surface area contributed by atoms with Crippen molar-refractivity contribution in [3.63, 3.8) is 0 Å². The number of hydrogen-bond donors (Lipinski definition) is 2. The van der Waals surface area contributed by atoms with Crippen molar-refractivity contribution in [1.82, 2.24) is 5.32 Å². The SMILES string of the molecule is CC(C)C(NC(=O)c1ccc(NS(=O)(=O)c2ccc(Cl)cc2)cc1)C(C)C. The summed E-state index contributed by atoms with van der Waals surface area (Å²) in [5.41, 5.74) is 0.863. The van der Waals surface area contributed by atoms with Crippen molar-refractivity contribution < 1.29 is 13.2 Å². The fourth-order valence-corrected chi connectivity index (χ4v) is 4.04. The molecule has 5 nitrogen and oxygen atoms in total. The second kappa shape index (κ2) is 8.76. The first-order chi connectivity index (χ1) is 12.6. The van der Waals surface area contributed by atoms with Gasteiger partial charge in [0.05, 0.1) is 4.90 Å². The molecule has 146 valence electrons. The molecular weight excluding hydrogens is 384 g/mol. The van der Waals surface area contributed by atoms with Gasteiger partial charge in [-0.15, -0.1) is 0 Å². The lowest BCUT2D eigenvalue weighted by molar-refractivity contribution is 0.0910. The van der Waals surface area contributed by atoms with Crippen LogP contribution >= 0.6 is 11.6 Å². The standard InChI is InChI=1S/C20H25ClN2O3S/c1-13(2)19(14(3)4)22-20(24)15-5-9-17(10-6-15)23-27(25,26)18-11-7-16(21)8-12-18/h5-14,19,23H,1-4H3,(H,22,24). The van der Waals surface area contributed by atoms with E-state index >= 15 is 0 Å². The van der Waals surface area contributed by atoms with Gasteiger partial charge in [-0.05, 0) is 60.4 Å². The highest BCUT2D eigenvalue weighted by molar-refractivity contribution is 7.92. The molecule has 0 bridgehead atoms. The molecule has 0 heterocycles. The fourth-order valence-electron chi connectivity index (χ4n) is 2.86. The van der Waals surface area contributed by atoms with Crippen molar-refractivity contribution in [1.29, 1.82) is 0 Å². The van der Waals surface area contributed by atoms with Crippen LogP contribution in [0.1, 0.15) is 38.1 Å². The summed E-state index contributed by atoms with van der Waals surface area (Å²) < 4.78 is 27.3. The number of halogens is 1. The number of carbonyl (C=O) groups is 1. The first-order valence-corrected chi connectivity index (χ1v) is 10.7. The van der Waals surface area contributed by atoms with Crippen molar-refractivity contribution in [2.24, 2.45) is 11.8 Å². The Hall–Kier alpha value is -2.05. The lowest BCUT2D eigenvalue weighted by Gasteiger charge is -2.26. The van der Waals surface area contributed by atoms with E-state index in [-0.39, 0.29) is 16.8 Å². The molecule has 2 aromatic carbocycles. The van der Waals surface area contributed by atoms with Gasteiger partial charge in [0, 0.05) is 22.3 Å². The van der Waals surface area contributed by atoms with E-state index in [9.17, 15) is 13.2 Å². The van der Waals surface area contributed by atoms with Crippen molar-refractivity contribution in [3.8, 4) is 0 Å². The van der Waals surface area contributed by atoms with Crippen molar-refractivity contribution in [2.45, 2.75) is 38.6 Å². The topological polar surface area (TPSA) is 75.3 Å². The van der Waals surface area contributed by atoms with Gasteiger partial charge >= 0.3 is 0 Å². The van der Waals surface area contributed by atoms with E-state index in [1.54, 1.807) is 24.3 Å². The second-order valence-electron chi connectivity index (χ2n) is 7.12. The molecule has 27 heavy (non-hydrogen) atoms. The van der Waals surface area contributed by atoms with E-state index in [4.69, 9.17) is 11.6 Å². The van der Waals surface area contributed by atoms with Gasteiger partial charge in [0.1, 0.15) is 0 Å². The van der Waals surface area contributed by atoms with Crippen molar-refractivity contribution in [2.75, 3.05) is 4.72 Å². The van der Waals surface area contributed by atoms with E-state index in [2.05, 4.69) is 37.7 Å². The maximum atomic E-state index is 12.5. The van der Waals surface area contributed by atoms with E-state index < -0.39 is 10.0 Å². The Morgan fingerprint density at radius 1 is 0.889 bits per heavy atom. The lowest BCUT2D eigenvalue weighted by Crippen LogP contribution is -2.42. The normalized spacial score (nSPS) is 11.9. The molecule has 2 aromatic rings. The van der Waals surface area contributed by atoms with Gasteiger partial charge in [0.2, 0.25) is 0 Å². The van der Waals surface area contributed by atoms with Crippen LogP contribution in [0.5, 0.6) is 0 Å². The van der Waals surface area contributed by atoms with E-state index in [0.717, 1.165) is 0 Å². The quantitative estimate of drug-likeness (QED) is 0.705. The Balaban J connectivity index is 2.10. The molecule has 2 rings (SSSR count). The Kier molecular flexibility index (Phi) is 6.89. The zero-order valence-electron chi connectivity index (χ0n) is 15.9. The minimum Gasteiger partial charge on any atom is -0.349 e. The summed E-state index contributed by atoms with van der Waals surface area (Å²) in [5.74, 6) is 0.466. The number of amides is 1. The van der Waals surface area contributed by atoms with Crippen LogP contribution in [0.4, 0.5) is 5.69 Å². The average molecular weight is 409 g/mol. The molecule has 0 aromatic heterocycles. The van der Waals surface area contributed by atoms with Crippen LogP contribution < -0.4 is 10.0 Å². The molecule has 0 unspecified atom stereocenters. The highest BCUT2D eigenvalue weighted by Gasteiger charge is 2.20. The number of anilines is 1. The lowest BCUT2D eigenvalue weighted by atomic mass is 9.93. The summed E-state index contributed by atoms with van der Waals surface area (Å²) in [6.07, 6.45) is 0. The molecule has 0 radical (unpaired) electrons. The molecule has 0 aliphatic rings. The number of nitrogens with one attached hydrogen (secondary N) is 2. The highest BCUT2D eigenvalue weighted by Crippen LogP contribution is 2.19. The van der Waals surface area contributed by atoms with Gasteiger partial charge in [-0.2, -0.15) is 0 Å². The summed E-state index contributed by atoms with van der Waals surface area (Å²) in [7, 11) is -3.71. The van der Waals surface area contributed by atoms with Gasteiger partial charge in [-0.25, -0.2) is 8.42 Å². The van der Waals surface area contributed by atoms with E-state index in [0.29, 0.717) is 28.1 Å². The summed E-state index contributed by atoms with van der Waals surface area (Å²) >= 11 is 5.79. The largest absolute Gasteiger partial charge is 0.349 e. The zero-order valence-corrected chi connectivity index (χ0v) is 17.4. The Morgan fingerprint density at radius 2 is 1.41 bits per heavy atom. The zero-order chi connectivity index (χ0) is 20.2. The average Bonchev–Trinajstić information content (AvgIpc) is 2.59. The van der Waals surface area contributed by atoms with Crippen LogP contribution in [0.3, 0.4) is 0 Å². The molecule has 0 aliphatic heterocycles. The van der Waals surface area contributed by atoms with E-state index in [1.165, 1.54) is 24.3 Å². The van der Waals surface area contributed by atoms with Crippen LogP contribution in [-0.2, 0) is 10.0 Å². The first-order valence-electron chi connectivity index (χ1n) is 8.79. The highest BCUT2D eigenvalue weighted by atomic mass is 35.5. The molecular formula is C20H25ClN2O3S. The summed E-state index contributed by atoms with van der Waals surface area (Å²) in [4.78, 5) is 12.6. The maximum absolute atomic E-state index is 12.5. The van der Waals surface area contributed by atoms with Crippen LogP contribution in [0.25, 0.3) is 0 Å². The van der Waals surface area contributed by atoms with Gasteiger partial charge in [0.25, 0.3) is 15.9 Å². The number of sulfonamides is 1. The molecule has 2 N–H and O–H groups in total. The maximum Gasteiger partial charge on any atom is 0.261 e. The van der Waals surface area contributed by atoms with Crippen LogP contribution in [-0.4, -0.2) is 20.4 Å². The molecule has 0 saturated heterocycles. The third-order valence-electron chi connectivity index (χ3n) is 4.26. The molecule has 1 amide bonds. The summed E-state index contributed by atoms with van der Waals surface area (Å²) in [6.45, 7) is 8.28. The third-order valence-corrected chi connectivity index (χ3v) is 5.91. The predicted molar refractivity (Wildman–Crippen MR) is 110 cm³/mol. The first kappa shape index (κ1) is 21.3. The van der Waals surface area contributed by atoms with Gasteiger partial charge in [-0.3, -0.25) is 9.52 Å². The number of rotatable bonds is 7. The van der Waals surface area contributed by atoms with Crippen LogP contribution in [0.2, 0.25) is 5.02 Å². The summed E-state index contributed by atoms with van der Waals surface area (Å²) in [6, 6.07) is 12.3. The fraction of sp³-hybridized carbons (Fsp3) is 0.350. The Labute approximate surface area is 166 Å².